The van der Waals surface area contributed by atoms with Crippen LogP contribution in [0.1, 0.15) is 4.88 Å². The molecule has 0 aliphatic heterocycles. The number of aromatic nitrogens is 1. The van der Waals surface area contributed by atoms with Gasteiger partial charge < -0.3 is 0 Å². The lowest BCUT2D eigenvalue weighted by Crippen LogP contribution is -2.13. The maximum atomic E-state index is 11.1. The van der Waals surface area contributed by atoms with Crippen molar-refractivity contribution in [2.75, 3.05) is 0 Å². The topological polar surface area (TPSA) is 65.8 Å². The molecular formula is C13H9N3OS. The highest BCUT2D eigenvalue weighted by Crippen LogP contribution is 2.25. The molecule has 0 atom stereocenters. The summed E-state index contributed by atoms with van der Waals surface area (Å²) in [6, 6.07) is 5.84. The van der Waals surface area contributed by atoms with E-state index in [4.69, 9.17) is 5.26 Å². The normalized spacial score (nSPS) is 10.2. The molecular weight excluding hydrogens is 246 g/mol. The van der Waals surface area contributed by atoms with Gasteiger partial charge in [0.2, 0.25) is 0 Å². The molecule has 0 aliphatic rings. The van der Waals surface area contributed by atoms with Crippen molar-refractivity contribution in [1.29, 1.82) is 5.26 Å². The van der Waals surface area contributed by atoms with Crippen molar-refractivity contribution < 1.29 is 4.79 Å². The van der Waals surface area contributed by atoms with Gasteiger partial charge in [-0.3, -0.25) is 15.1 Å². The van der Waals surface area contributed by atoms with Crippen LogP contribution in [0.2, 0.25) is 0 Å². The minimum Gasteiger partial charge on any atom is -0.269 e. The molecule has 5 heteroatoms. The fourth-order valence-electron chi connectivity index (χ4n) is 1.39. The van der Waals surface area contributed by atoms with Gasteiger partial charge in [-0.15, -0.1) is 11.3 Å². The number of nitriles is 1. The molecule has 0 spiro atoms. The summed E-state index contributed by atoms with van der Waals surface area (Å²) in [5.74, 6) is -0.420. The molecule has 0 aromatic carbocycles. The standard InChI is InChI=1S/C13H9N3OS/c14-9-16-13(17)2-1-12-7-11(8-18-12)10-3-5-15-6-4-10/h1-8H,(H,16,17). The SMILES string of the molecule is N#CNC(=O)C=Cc1cc(-c2ccncc2)cs1. The van der Waals surface area contributed by atoms with E-state index in [1.165, 1.54) is 17.4 Å². The zero-order valence-corrected chi connectivity index (χ0v) is 10.1. The quantitative estimate of drug-likeness (QED) is 0.520. The monoisotopic (exact) mass is 255 g/mol. The van der Waals surface area contributed by atoms with Crippen molar-refractivity contribution in [2.45, 2.75) is 0 Å². The predicted octanol–water partition coefficient (Wildman–Crippen LogP) is 2.42. The van der Waals surface area contributed by atoms with Crippen LogP contribution in [0.5, 0.6) is 0 Å². The number of thiophene rings is 1. The third-order valence-corrected chi connectivity index (χ3v) is 3.11. The molecule has 0 bridgehead atoms. The summed E-state index contributed by atoms with van der Waals surface area (Å²) in [6.07, 6.45) is 8.08. The van der Waals surface area contributed by atoms with Crippen molar-refractivity contribution in [1.82, 2.24) is 10.3 Å². The van der Waals surface area contributed by atoms with Crippen LogP contribution in [0.3, 0.4) is 0 Å². The number of nitrogens with zero attached hydrogens (tertiary/aromatic N) is 2. The molecule has 0 saturated carbocycles. The van der Waals surface area contributed by atoms with E-state index in [0.29, 0.717) is 0 Å². The van der Waals surface area contributed by atoms with Crippen LogP contribution in [0.15, 0.2) is 42.0 Å². The van der Waals surface area contributed by atoms with Gasteiger partial charge in [-0.25, -0.2) is 0 Å². The Labute approximate surface area is 108 Å². The second kappa shape index (κ2) is 5.75. The zero-order chi connectivity index (χ0) is 12.8. The lowest BCUT2D eigenvalue weighted by Gasteiger charge is -1.93. The van der Waals surface area contributed by atoms with Crippen LogP contribution in [-0.4, -0.2) is 10.9 Å². The molecule has 1 N–H and O–H groups in total. The van der Waals surface area contributed by atoms with Gasteiger partial charge in [-0.05, 0) is 40.8 Å². The second-order valence-electron chi connectivity index (χ2n) is 3.41. The summed E-state index contributed by atoms with van der Waals surface area (Å²) in [4.78, 5) is 16.0. The molecule has 0 saturated heterocycles. The molecule has 4 nitrogen and oxygen atoms in total. The van der Waals surface area contributed by atoms with Gasteiger partial charge in [0.15, 0.2) is 6.19 Å². The molecule has 2 aromatic rings. The number of hydrogen-bond donors (Lipinski definition) is 1. The molecule has 0 fully saturated rings. The van der Waals surface area contributed by atoms with Gasteiger partial charge in [0.25, 0.3) is 5.91 Å². The Bertz CT molecular complexity index is 611. The molecule has 88 valence electrons. The fraction of sp³-hybridized carbons (Fsp3) is 0. The van der Waals surface area contributed by atoms with E-state index in [1.54, 1.807) is 24.7 Å². The van der Waals surface area contributed by atoms with Gasteiger partial charge in [-0.2, -0.15) is 5.26 Å². The minimum absolute atomic E-state index is 0.420. The molecule has 2 rings (SSSR count). The summed E-state index contributed by atoms with van der Waals surface area (Å²) in [7, 11) is 0. The van der Waals surface area contributed by atoms with Gasteiger partial charge in [0.1, 0.15) is 0 Å². The first-order valence-corrected chi connectivity index (χ1v) is 6.03. The molecule has 2 heterocycles. The highest BCUT2D eigenvalue weighted by atomic mass is 32.1. The van der Waals surface area contributed by atoms with E-state index in [0.717, 1.165) is 16.0 Å². The summed E-state index contributed by atoms with van der Waals surface area (Å²) < 4.78 is 0. The first kappa shape index (κ1) is 12.0. The van der Waals surface area contributed by atoms with Gasteiger partial charge in [-0.1, -0.05) is 0 Å². The summed E-state index contributed by atoms with van der Waals surface area (Å²) in [6.45, 7) is 0. The van der Waals surface area contributed by atoms with E-state index in [-0.39, 0.29) is 0 Å². The number of carbonyl (C=O) groups excluding carboxylic acids is 1. The first-order chi connectivity index (χ1) is 8.79. The molecule has 18 heavy (non-hydrogen) atoms. The second-order valence-corrected chi connectivity index (χ2v) is 4.35. The Hall–Kier alpha value is -2.45. The summed E-state index contributed by atoms with van der Waals surface area (Å²) >= 11 is 1.53. The Morgan fingerprint density at radius 2 is 2.17 bits per heavy atom. The van der Waals surface area contributed by atoms with Gasteiger partial charge in [0.05, 0.1) is 0 Å². The van der Waals surface area contributed by atoms with Crippen LogP contribution in [0.4, 0.5) is 0 Å². The molecule has 2 aromatic heterocycles. The van der Waals surface area contributed by atoms with E-state index < -0.39 is 5.91 Å². The van der Waals surface area contributed by atoms with E-state index in [9.17, 15) is 4.79 Å². The van der Waals surface area contributed by atoms with E-state index in [1.807, 2.05) is 28.9 Å². The number of nitrogens with one attached hydrogen (secondary N) is 1. The average Bonchev–Trinajstić information content (AvgIpc) is 2.87. The summed E-state index contributed by atoms with van der Waals surface area (Å²) in [5.41, 5.74) is 2.17. The average molecular weight is 255 g/mol. The van der Waals surface area contributed by atoms with Crippen molar-refractivity contribution >= 4 is 23.3 Å². The van der Waals surface area contributed by atoms with Gasteiger partial charge >= 0.3 is 0 Å². The van der Waals surface area contributed by atoms with E-state index >= 15 is 0 Å². The lowest BCUT2D eigenvalue weighted by atomic mass is 10.1. The Morgan fingerprint density at radius 3 is 2.89 bits per heavy atom. The number of amides is 1. The van der Waals surface area contributed by atoms with E-state index in [2.05, 4.69) is 4.98 Å². The number of hydrogen-bond acceptors (Lipinski definition) is 4. The smallest absolute Gasteiger partial charge is 0.257 e. The van der Waals surface area contributed by atoms with Gasteiger partial charge in [0, 0.05) is 23.3 Å². The van der Waals surface area contributed by atoms with Crippen LogP contribution in [0.25, 0.3) is 17.2 Å². The largest absolute Gasteiger partial charge is 0.269 e. The Morgan fingerprint density at radius 1 is 1.39 bits per heavy atom. The Balaban J connectivity index is 2.12. The highest BCUT2D eigenvalue weighted by Gasteiger charge is 2.00. The maximum Gasteiger partial charge on any atom is 0.257 e. The number of carbonyl (C=O) groups is 1. The number of rotatable bonds is 3. The van der Waals surface area contributed by atoms with Crippen LogP contribution < -0.4 is 5.32 Å². The van der Waals surface area contributed by atoms with Crippen molar-refractivity contribution in [2.24, 2.45) is 0 Å². The highest BCUT2D eigenvalue weighted by molar-refractivity contribution is 7.11. The van der Waals surface area contributed by atoms with Crippen LogP contribution in [-0.2, 0) is 4.79 Å². The van der Waals surface area contributed by atoms with Crippen molar-refractivity contribution in [3.63, 3.8) is 0 Å². The molecule has 0 radical (unpaired) electrons. The third kappa shape index (κ3) is 3.03. The molecule has 0 unspecified atom stereocenters. The predicted molar refractivity (Wildman–Crippen MR) is 70.3 cm³/mol. The molecule has 0 aliphatic carbocycles. The lowest BCUT2D eigenvalue weighted by molar-refractivity contribution is -0.115. The first-order valence-electron chi connectivity index (χ1n) is 5.15. The van der Waals surface area contributed by atoms with Crippen LogP contribution >= 0.6 is 11.3 Å². The molecule has 1 amide bonds. The Kier molecular flexibility index (Phi) is 3.84. The minimum atomic E-state index is -0.420. The zero-order valence-electron chi connectivity index (χ0n) is 9.33. The van der Waals surface area contributed by atoms with Crippen LogP contribution in [0, 0.1) is 11.5 Å². The maximum absolute atomic E-state index is 11.1. The third-order valence-electron chi connectivity index (χ3n) is 2.21. The number of pyridine rings is 1. The fourth-order valence-corrected chi connectivity index (χ4v) is 2.20. The van der Waals surface area contributed by atoms with Crippen molar-refractivity contribution in [3.05, 3.63) is 46.9 Å². The van der Waals surface area contributed by atoms with Crippen molar-refractivity contribution in [3.8, 4) is 17.3 Å². The summed E-state index contributed by atoms with van der Waals surface area (Å²) in [5, 5.41) is 12.3.